The molecular weight excluding hydrogens is 604 g/mol. The minimum Gasteiger partial charge on any atom is -0.496 e. The molecule has 0 amide bonds. The van der Waals surface area contributed by atoms with Crippen molar-refractivity contribution in [1.29, 1.82) is 0 Å². The van der Waals surface area contributed by atoms with Gasteiger partial charge >= 0.3 is 5.97 Å². The second-order valence-corrected chi connectivity index (χ2v) is 11.5. The largest absolute Gasteiger partial charge is 0.496 e. The number of hydrogen-bond donors (Lipinski definition) is 7. The summed E-state index contributed by atoms with van der Waals surface area (Å²) in [6.45, 7) is 8.23. The van der Waals surface area contributed by atoms with E-state index in [1.165, 1.54) is 0 Å². The molecule has 0 radical (unpaired) electrons. The van der Waals surface area contributed by atoms with Gasteiger partial charge in [-0.2, -0.15) is 0 Å². The first kappa shape index (κ1) is 37.5. The van der Waals surface area contributed by atoms with E-state index >= 15 is 0 Å². The molecule has 2 aliphatic rings. The van der Waals surface area contributed by atoms with Crippen LogP contribution in [0.1, 0.15) is 36.1 Å². The number of esters is 1. The summed E-state index contributed by atoms with van der Waals surface area (Å²) < 4.78 is 26.9. The maximum absolute atomic E-state index is 12.6. The lowest BCUT2D eigenvalue weighted by molar-refractivity contribution is -0.355. The number of methoxy groups -OCH3 is 1. The smallest absolute Gasteiger partial charge is 0.333 e. The lowest BCUT2D eigenvalue weighted by atomic mass is 9.96. The fraction of sp³-hybridized carbons (Fsp3) is 0.545. The van der Waals surface area contributed by atoms with Gasteiger partial charge in [-0.15, -0.1) is 0 Å². The number of allylic oxidation sites excluding steroid dienone is 6. The summed E-state index contributed by atoms with van der Waals surface area (Å²) in [7, 11) is 1.65. The summed E-state index contributed by atoms with van der Waals surface area (Å²) in [6, 6.07) is 2.01. The molecule has 2 heterocycles. The molecule has 2 saturated heterocycles. The van der Waals surface area contributed by atoms with Gasteiger partial charge in [0, 0.05) is 6.08 Å². The van der Waals surface area contributed by atoms with Crippen LogP contribution in [0.25, 0.3) is 6.08 Å². The number of rotatable bonds is 11. The van der Waals surface area contributed by atoms with Crippen molar-refractivity contribution in [3.8, 4) is 5.75 Å². The lowest BCUT2D eigenvalue weighted by Gasteiger charge is -2.45. The average molecular weight is 651 g/mol. The number of benzene rings is 1. The van der Waals surface area contributed by atoms with E-state index in [9.17, 15) is 40.5 Å². The minimum atomic E-state index is -1.83. The first-order valence-electron chi connectivity index (χ1n) is 14.9. The standard InChI is InChI=1S/C33H46O13/c1-16(10-11-21-18(3)13-22(42-6)20(5)19(21)4)8-7-9-17(2)12-25(36)45-32-30(41)28(39)31(24(15-35)44-32)46-33-29(40)27(38)26(37)23(14-34)43-33/h7-13,23-24,26-35,37-41H,14-15H2,1-6H3/t23-,24-,26-,27+,28-,29-,30-,31-,32?,33-/m1/s1. The molecule has 10 atom stereocenters. The summed E-state index contributed by atoms with van der Waals surface area (Å²) >= 11 is 0. The number of carbonyl (C=O) groups is 1. The van der Waals surface area contributed by atoms with Gasteiger partial charge in [-0.3, -0.25) is 0 Å². The minimum absolute atomic E-state index is 0.517. The third-order valence-electron chi connectivity index (χ3n) is 8.10. The highest BCUT2D eigenvalue weighted by Gasteiger charge is 2.51. The Hall–Kier alpha value is -2.95. The molecule has 0 spiro atoms. The van der Waals surface area contributed by atoms with Crippen LogP contribution in [0.3, 0.4) is 0 Å². The van der Waals surface area contributed by atoms with Gasteiger partial charge in [0.15, 0.2) is 6.29 Å². The summed E-state index contributed by atoms with van der Waals surface area (Å²) in [5.74, 6) is -0.0352. The van der Waals surface area contributed by atoms with Gasteiger partial charge in [0.05, 0.1) is 20.3 Å². The molecule has 2 aliphatic heterocycles. The number of aliphatic hydroxyl groups excluding tert-OH is 7. The van der Waals surface area contributed by atoms with Crippen molar-refractivity contribution in [2.24, 2.45) is 0 Å². The van der Waals surface area contributed by atoms with Crippen LogP contribution in [0.5, 0.6) is 5.75 Å². The van der Waals surface area contributed by atoms with Crippen LogP contribution in [0.4, 0.5) is 0 Å². The zero-order valence-corrected chi connectivity index (χ0v) is 26.8. The summed E-state index contributed by atoms with van der Waals surface area (Å²) in [6.07, 6.45) is -5.80. The fourth-order valence-corrected chi connectivity index (χ4v) is 5.19. The van der Waals surface area contributed by atoms with E-state index in [-0.39, 0.29) is 0 Å². The van der Waals surface area contributed by atoms with E-state index in [4.69, 9.17) is 23.7 Å². The highest BCUT2D eigenvalue weighted by molar-refractivity contribution is 5.83. The predicted molar refractivity (Wildman–Crippen MR) is 165 cm³/mol. The van der Waals surface area contributed by atoms with Crippen LogP contribution in [0.2, 0.25) is 0 Å². The number of hydrogen-bond acceptors (Lipinski definition) is 13. The van der Waals surface area contributed by atoms with Gasteiger partial charge in [0.2, 0.25) is 6.29 Å². The molecule has 1 unspecified atom stereocenters. The molecule has 256 valence electrons. The molecule has 46 heavy (non-hydrogen) atoms. The molecule has 3 rings (SSSR count). The average Bonchev–Trinajstić information content (AvgIpc) is 3.02. The van der Waals surface area contributed by atoms with E-state index in [1.54, 1.807) is 26.2 Å². The highest BCUT2D eigenvalue weighted by atomic mass is 16.7. The Balaban J connectivity index is 1.61. The molecule has 0 bridgehead atoms. The molecule has 1 aromatic rings. The maximum Gasteiger partial charge on any atom is 0.333 e. The predicted octanol–water partition coefficient (Wildman–Crippen LogP) is 0.250. The summed E-state index contributed by atoms with van der Waals surface area (Å²) in [4.78, 5) is 12.6. The molecule has 1 aromatic carbocycles. The maximum atomic E-state index is 12.6. The number of ether oxygens (including phenoxy) is 5. The SMILES string of the molecule is COc1cc(C)c(C=CC(C)=CC=CC(C)=CC(=O)OC2O[C@H](CO)[C@@H](O[C@H]3O[C@H](CO)[C@@H](O)[C@H](O)[C@H]3O)[C@H](O)[C@H]2O)c(C)c1C. The van der Waals surface area contributed by atoms with E-state index in [0.717, 1.165) is 39.7 Å². The van der Waals surface area contributed by atoms with Crippen LogP contribution >= 0.6 is 0 Å². The molecule has 0 aromatic heterocycles. The Bertz CT molecular complexity index is 1310. The lowest BCUT2D eigenvalue weighted by Crippen LogP contribution is -2.64. The quantitative estimate of drug-likeness (QED) is 0.0976. The molecule has 0 saturated carbocycles. The normalized spacial score (nSPS) is 32.7. The van der Waals surface area contributed by atoms with Gasteiger partial charge < -0.3 is 59.4 Å². The highest BCUT2D eigenvalue weighted by Crippen LogP contribution is 2.30. The zero-order chi connectivity index (χ0) is 34.3. The molecule has 13 nitrogen and oxygen atoms in total. The Labute approximate surface area is 268 Å². The van der Waals surface area contributed by atoms with Gasteiger partial charge in [0.25, 0.3) is 0 Å². The van der Waals surface area contributed by atoms with Crippen molar-refractivity contribution in [2.45, 2.75) is 96.0 Å². The van der Waals surface area contributed by atoms with Crippen LogP contribution < -0.4 is 4.74 Å². The topological polar surface area (TPSA) is 205 Å². The Kier molecular flexibility index (Phi) is 13.7. The van der Waals surface area contributed by atoms with Crippen LogP contribution in [-0.4, -0.2) is 123 Å². The van der Waals surface area contributed by atoms with Gasteiger partial charge in [-0.25, -0.2) is 4.79 Å². The van der Waals surface area contributed by atoms with Crippen molar-refractivity contribution in [3.05, 3.63) is 69.8 Å². The van der Waals surface area contributed by atoms with Crippen LogP contribution in [0, 0.1) is 20.8 Å². The van der Waals surface area contributed by atoms with Crippen LogP contribution in [0.15, 0.2) is 47.6 Å². The second-order valence-electron chi connectivity index (χ2n) is 11.5. The molecular formula is C33H46O13. The third-order valence-corrected chi connectivity index (χ3v) is 8.10. The van der Waals surface area contributed by atoms with Crippen molar-refractivity contribution >= 4 is 12.0 Å². The monoisotopic (exact) mass is 650 g/mol. The third kappa shape index (κ3) is 8.89. The van der Waals surface area contributed by atoms with Crippen molar-refractivity contribution < 1.29 is 64.2 Å². The molecule has 7 N–H and O–H groups in total. The Morgan fingerprint density at radius 2 is 1.46 bits per heavy atom. The van der Waals surface area contributed by atoms with E-state index in [2.05, 4.69) is 6.92 Å². The Morgan fingerprint density at radius 1 is 0.826 bits per heavy atom. The number of carbonyl (C=O) groups excluding carboxylic acids is 1. The Morgan fingerprint density at radius 3 is 2.09 bits per heavy atom. The van der Waals surface area contributed by atoms with Gasteiger partial charge in [-0.05, 0) is 68.5 Å². The summed E-state index contributed by atoms with van der Waals surface area (Å²) in [5, 5.41) is 70.7. The first-order valence-corrected chi connectivity index (χ1v) is 14.9. The second kappa shape index (κ2) is 16.7. The molecule has 2 fully saturated rings. The van der Waals surface area contributed by atoms with Gasteiger partial charge in [-0.1, -0.05) is 36.0 Å². The van der Waals surface area contributed by atoms with Crippen LogP contribution in [-0.2, 0) is 23.7 Å². The fourth-order valence-electron chi connectivity index (χ4n) is 5.19. The number of aliphatic hydroxyl groups is 7. The summed E-state index contributed by atoms with van der Waals surface area (Å²) in [5.41, 5.74) is 5.90. The number of aryl methyl sites for hydroxylation is 1. The molecule has 0 aliphatic carbocycles. The molecule has 13 heteroatoms. The van der Waals surface area contributed by atoms with Crippen molar-refractivity contribution in [1.82, 2.24) is 0 Å². The van der Waals surface area contributed by atoms with Crippen molar-refractivity contribution in [2.75, 3.05) is 20.3 Å². The van der Waals surface area contributed by atoms with Crippen molar-refractivity contribution in [3.63, 3.8) is 0 Å². The zero-order valence-electron chi connectivity index (χ0n) is 26.8. The van der Waals surface area contributed by atoms with E-state index in [0.29, 0.717) is 5.57 Å². The van der Waals surface area contributed by atoms with E-state index < -0.39 is 80.6 Å². The first-order chi connectivity index (χ1) is 21.7. The van der Waals surface area contributed by atoms with Gasteiger partial charge in [0.1, 0.15) is 54.6 Å². The van der Waals surface area contributed by atoms with E-state index in [1.807, 2.05) is 45.1 Å².